The average Bonchev–Trinajstić information content (AvgIpc) is 2.33. The van der Waals surface area contributed by atoms with Gasteiger partial charge in [0.1, 0.15) is 0 Å². The molecule has 0 saturated carbocycles. The molecule has 1 fully saturated rings. The smallest absolute Gasteiger partial charge is 0.0234 e. The maximum atomic E-state index is 2.56. The molecule has 1 aromatic rings. The molecule has 0 bridgehead atoms. The first-order chi connectivity index (χ1) is 8.15. The summed E-state index contributed by atoms with van der Waals surface area (Å²) in [6.45, 7) is 10.5. The zero-order chi connectivity index (χ0) is 12.3. The molecule has 17 heavy (non-hydrogen) atoms. The second kappa shape index (κ2) is 6.16. The van der Waals surface area contributed by atoms with Gasteiger partial charge in [-0.1, -0.05) is 12.1 Å². The average molecular weight is 344 g/mol. The van der Waals surface area contributed by atoms with Gasteiger partial charge in [0.05, 0.1) is 0 Å². The normalized spacial score (nSPS) is 18.8. The summed E-state index contributed by atoms with van der Waals surface area (Å²) in [6.07, 6.45) is 0. The van der Waals surface area contributed by atoms with Gasteiger partial charge in [0, 0.05) is 42.3 Å². The van der Waals surface area contributed by atoms with Gasteiger partial charge in [0.2, 0.25) is 0 Å². The maximum absolute atomic E-state index is 2.56. The minimum Gasteiger partial charge on any atom is -0.298 e. The van der Waals surface area contributed by atoms with Crippen LogP contribution in [0.1, 0.15) is 19.4 Å². The van der Waals surface area contributed by atoms with Gasteiger partial charge < -0.3 is 0 Å². The third-order valence-electron chi connectivity index (χ3n) is 3.46. The van der Waals surface area contributed by atoms with E-state index in [4.69, 9.17) is 0 Å². The van der Waals surface area contributed by atoms with Crippen molar-refractivity contribution in [1.82, 2.24) is 9.80 Å². The molecule has 1 aliphatic rings. The molecule has 0 aromatic heterocycles. The Hall–Kier alpha value is -0.130. The summed E-state index contributed by atoms with van der Waals surface area (Å²) in [7, 11) is 0. The Morgan fingerprint density at radius 2 is 1.65 bits per heavy atom. The van der Waals surface area contributed by atoms with Crippen molar-refractivity contribution in [2.75, 3.05) is 26.2 Å². The second-order valence-corrected chi connectivity index (χ2v) is 6.28. The zero-order valence-electron chi connectivity index (χ0n) is 10.7. The Bertz CT molecular complexity index is 340. The molecular formula is C14H21IN2. The van der Waals surface area contributed by atoms with Crippen molar-refractivity contribution in [3.63, 3.8) is 0 Å². The summed E-state index contributed by atoms with van der Waals surface area (Å²) in [5, 5.41) is 0. The Morgan fingerprint density at radius 1 is 1.06 bits per heavy atom. The van der Waals surface area contributed by atoms with Gasteiger partial charge in [-0.05, 0) is 54.1 Å². The molecule has 0 amide bonds. The van der Waals surface area contributed by atoms with E-state index in [1.165, 1.54) is 35.3 Å². The van der Waals surface area contributed by atoms with Crippen molar-refractivity contribution >= 4 is 22.6 Å². The standard InChI is InChI=1S/C14H21IN2/c1-12(2)17-9-7-16(8-10-17)11-13-3-5-14(15)6-4-13/h3-6,12H,7-11H2,1-2H3. The molecule has 94 valence electrons. The van der Waals surface area contributed by atoms with Crippen molar-refractivity contribution < 1.29 is 0 Å². The summed E-state index contributed by atoms with van der Waals surface area (Å²) in [5.41, 5.74) is 1.43. The minimum absolute atomic E-state index is 0.690. The highest BCUT2D eigenvalue weighted by atomic mass is 127. The number of rotatable bonds is 3. The number of benzene rings is 1. The molecule has 2 rings (SSSR count). The molecule has 0 N–H and O–H groups in total. The van der Waals surface area contributed by atoms with Crippen LogP contribution in [-0.2, 0) is 6.54 Å². The van der Waals surface area contributed by atoms with Gasteiger partial charge in [-0.3, -0.25) is 9.80 Å². The van der Waals surface area contributed by atoms with E-state index in [-0.39, 0.29) is 0 Å². The molecule has 2 nitrogen and oxygen atoms in total. The van der Waals surface area contributed by atoms with Gasteiger partial charge in [-0.15, -0.1) is 0 Å². The van der Waals surface area contributed by atoms with Crippen LogP contribution >= 0.6 is 22.6 Å². The third kappa shape index (κ3) is 3.93. The highest BCUT2D eigenvalue weighted by Gasteiger charge is 2.18. The molecule has 0 unspecified atom stereocenters. The van der Waals surface area contributed by atoms with E-state index >= 15 is 0 Å². The SMILES string of the molecule is CC(C)N1CCN(Cc2ccc(I)cc2)CC1. The molecule has 1 aliphatic heterocycles. The first-order valence-corrected chi connectivity index (χ1v) is 7.44. The molecule has 1 aromatic carbocycles. The Kier molecular flexibility index (Phi) is 4.82. The lowest BCUT2D eigenvalue weighted by Gasteiger charge is -2.36. The number of hydrogen-bond donors (Lipinski definition) is 0. The van der Waals surface area contributed by atoms with Crippen LogP contribution in [0.3, 0.4) is 0 Å². The summed E-state index contributed by atoms with van der Waals surface area (Å²) in [5.74, 6) is 0. The van der Waals surface area contributed by atoms with Crippen LogP contribution < -0.4 is 0 Å². The minimum atomic E-state index is 0.690. The highest BCUT2D eigenvalue weighted by Crippen LogP contribution is 2.12. The number of nitrogens with zero attached hydrogens (tertiary/aromatic N) is 2. The Labute approximate surface area is 118 Å². The largest absolute Gasteiger partial charge is 0.298 e. The quantitative estimate of drug-likeness (QED) is 0.778. The Morgan fingerprint density at radius 3 is 2.18 bits per heavy atom. The lowest BCUT2D eigenvalue weighted by atomic mass is 10.2. The monoisotopic (exact) mass is 344 g/mol. The molecule has 0 spiro atoms. The van der Waals surface area contributed by atoms with E-state index < -0.39 is 0 Å². The Balaban J connectivity index is 1.84. The zero-order valence-corrected chi connectivity index (χ0v) is 12.9. The highest BCUT2D eigenvalue weighted by molar-refractivity contribution is 14.1. The van der Waals surface area contributed by atoms with Crippen LogP contribution in [-0.4, -0.2) is 42.0 Å². The fraction of sp³-hybridized carbons (Fsp3) is 0.571. The van der Waals surface area contributed by atoms with Crippen molar-refractivity contribution in [3.05, 3.63) is 33.4 Å². The van der Waals surface area contributed by atoms with Crippen molar-refractivity contribution in [2.24, 2.45) is 0 Å². The summed E-state index contributed by atoms with van der Waals surface area (Å²) in [6, 6.07) is 9.57. The molecule has 0 atom stereocenters. The molecule has 0 radical (unpaired) electrons. The van der Waals surface area contributed by atoms with E-state index in [0.29, 0.717) is 6.04 Å². The lowest BCUT2D eigenvalue weighted by Crippen LogP contribution is -2.48. The molecular weight excluding hydrogens is 323 g/mol. The van der Waals surface area contributed by atoms with Crippen molar-refractivity contribution in [3.8, 4) is 0 Å². The predicted octanol–water partition coefficient (Wildman–Crippen LogP) is 2.82. The molecule has 1 saturated heterocycles. The number of piperazine rings is 1. The van der Waals surface area contributed by atoms with E-state index in [0.717, 1.165) is 6.54 Å². The van der Waals surface area contributed by atoms with Crippen LogP contribution in [0, 0.1) is 3.57 Å². The van der Waals surface area contributed by atoms with Gasteiger partial charge >= 0.3 is 0 Å². The molecule has 0 aliphatic carbocycles. The van der Waals surface area contributed by atoms with Crippen molar-refractivity contribution in [2.45, 2.75) is 26.4 Å². The van der Waals surface area contributed by atoms with Crippen LogP contribution in [0.15, 0.2) is 24.3 Å². The fourth-order valence-electron chi connectivity index (χ4n) is 2.29. The van der Waals surface area contributed by atoms with E-state index in [1.54, 1.807) is 0 Å². The van der Waals surface area contributed by atoms with Gasteiger partial charge in [0.15, 0.2) is 0 Å². The van der Waals surface area contributed by atoms with Crippen LogP contribution in [0.25, 0.3) is 0 Å². The van der Waals surface area contributed by atoms with Gasteiger partial charge in [0.25, 0.3) is 0 Å². The van der Waals surface area contributed by atoms with E-state index in [2.05, 4.69) is 70.5 Å². The van der Waals surface area contributed by atoms with E-state index in [1.807, 2.05) is 0 Å². The number of halogens is 1. The summed E-state index contributed by atoms with van der Waals surface area (Å²) < 4.78 is 1.32. The summed E-state index contributed by atoms with van der Waals surface area (Å²) >= 11 is 2.36. The van der Waals surface area contributed by atoms with Gasteiger partial charge in [-0.2, -0.15) is 0 Å². The topological polar surface area (TPSA) is 6.48 Å². The van der Waals surface area contributed by atoms with Gasteiger partial charge in [-0.25, -0.2) is 0 Å². The number of hydrogen-bond acceptors (Lipinski definition) is 2. The van der Waals surface area contributed by atoms with Crippen LogP contribution in [0.5, 0.6) is 0 Å². The molecule has 1 heterocycles. The van der Waals surface area contributed by atoms with Crippen molar-refractivity contribution in [1.29, 1.82) is 0 Å². The first kappa shape index (κ1) is 13.3. The first-order valence-electron chi connectivity index (χ1n) is 6.36. The van der Waals surface area contributed by atoms with E-state index in [9.17, 15) is 0 Å². The van der Waals surface area contributed by atoms with Crippen LogP contribution in [0.2, 0.25) is 0 Å². The predicted molar refractivity (Wildman–Crippen MR) is 81.1 cm³/mol. The summed E-state index contributed by atoms with van der Waals surface area (Å²) in [4.78, 5) is 5.12. The second-order valence-electron chi connectivity index (χ2n) is 5.03. The van der Waals surface area contributed by atoms with Crippen LogP contribution in [0.4, 0.5) is 0 Å². The third-order valence-corrected chi connectivity index (χ3v) is 4.18. The molecule has 3 heteroatoms. The fourth-order valence-corrected chi connectivity index (χ4v) is 2.65. The lowest BCUT2D eigenvalue weighted by molar-refractivity contribution is 0.104. The maximum Gasteiger partial charge on any atom is 0.0234 e.